The Hall–Kier alpha value is -1.65. The minimum absolute atomic E-state index is 0.0935. The number of hydrogen-bond acceptors (Lipinski definition) is 4. The molecule has 0 saturated carbocycles. The Bertz CT molecular complexity index is 456. The molecular weight excluding hydrogens is 230 g/mol. The van der Waals surface area contributed by atoms with Gasteiger partial charge in [-0.3, -0.25) is 0 Å². The number of rotatable bonds is 5. The molecule has 0 aliphatic rings. The first kappa shape index (κ1) is 14.4. The normalized spacial score (nSPS) is 11.4. The molecule has 0 spiro atoms. The third kappa shape index (κ3) is 3.18. The van der Waals surface area contributed by atoms with Crippen LogP contribution < -0.4 is 5.32 Å². The number of carboxylic acid groups (broad SMARTS) is 1. The van der Waals surface area contributed by atoms with Crippen molar-refractivity contribution < 1.29 is 9.90 Å². The fourth-order valence-electron chi connectivity index (χ4n) is 1.44. The first-order valence-electron chi connectivity index (χ1n) is 6.09. The summed E-state index contributed by atoms with van der Waals surface area (Å²) in [6.07, 6.45) is 1.00. The Morgan fingerprint density at radius 1 is 1.33 bits per heavy atom. The number of nitrogens with zero attached hydrogens (tertiary/aromatic N) is 2. The van der Waals surface area contributed by atoms with Crippen molar-refractivity contribution in [2.24, 2.45) is 5.41 Å². The van der Waals surface area contributed by atoms with Gasteiger partial charge in [0.15, 0.2) is 5.82 Å². The smallest absolute Gasteiger partial charge is 0.339 e. The lowest BCUT2D eigenvalue weighted by Crippen LogP contribution is -2.24. The molecule has 5 heteroatoms. The van der Waals surface area contributed by atoms with Gasteiger partial charge in [-0.2, -0.15) is 5.10 Å². The molecule has 0 unspecified atom stereocenters. The summed E-state index contributed by atoms with van der Waals surface area (Å²) in [6, 6.07) is 0. The fraction of sp³-hybridized carbons (Fsp3) is 0.615. The van der Waals surface area contributed by atoms with Crippen LogP contribution in [0.4, 0.5) is 5.82 Å². The number of aryl methyl sites for hydroxylation is 1. The second-order valence-corrected chi connectivity index (χ2v) is 5.31. The summed E-state index contributed by atoms with van der Waals surface area (Å²) in [4.78, 5) is 11.3. The van der Waals surface area contributed by atoms with Crippen LogP contribution >= 0.6 is 0 Å². The summed E-state index contributed by atoms with van der Waals surface area (Å²) >= 11 is 0. The molecule has 0 atom stereocenters. The lowest BCUT2D eigenvalue weighted by molar-refractivity contribution is 0.0696. The molecule has 100 valence electrons. The average Bonchev–Trinajstić information content (AvgIpc) is 2.30. The summed E-state index contributed by atoms with van der Waals surface area (Å²) in [7, 11) is 0. The Labute approximate surface area is 108 Å². The van der Waals surface area contributed by atoms with Gasteiger partial charge in [-0.15, -0.1) is 5.10 Å². The molecule has 1 heterocycles. The molecule has 0 bridgehead atoms. The number of aromatic carboxylic acids is 1. The summed E-state index contributed by atoms with van der Waals surface area (Å²) in [5.74, 6) is -0.616. The van der Waals surface area contributed by atoms with Gasteiger partial charge in [-0.25, -0.2) is 4.79 Å². The lowest BCUT2D eigenvalue weighted by Gasteiger charge is -2.23. The summed E-state index contributed by atoms with van der Waals surface area (Å²) < 4.78 is 0. The Morgan fingerprint density at radius 2 is 1.94 bits per heavy atom. The first-order chi connectivity index (χ1) is 8.28. The van der Waals surface area contributed by atoms with Gasteiger partial charge in [-0.1, -0.05) is 20.8 Å². The van der Waals surface area contributed by atoms with Crippen molar-refractivity contribution in [3.05, 3.63) is 16.8 Å². The zero-order chi connectivity index (χ0) is 13.9. The van der Waals surface area contributed by atoms with Crippen LogP contribution in [0.25, 0.3) is 0 Å². The van der Waals surface area contributed by atoms with Gasteiger partial charge in [0.25, 0.3) is 0 Å². The average molecular weight is 251 g/mol. The van der Waals surface area contributed by atoms with E-state index in [1.165, 1.54) is 0 Å². The molecule has 2 N–H and O–H groups in total. The zero-order valence-electron chi connectivity index (χ0n) is 11.7. The van der Waals surface area contributed by atoms with Gasteiger partial charge < -0.3 is 10.4 Å². The molecule has 0 saturated heterocycles. The Balaban J connectivity index is 3.03. The first-order valence-corrected chi connectivity index (χ1v) is 6.09. The second-order valence-electron chi connectivity index (χ2n) is 5.31. The highest BCUT2D eigenvalue weighted by atomic mass is 16.4. The predicted molar refractivity (Wildman–Crippen MR) is 71.0 cm³/mol. The molecule has 0 fully saturated rings. The molecule has 0 aromatic carbocycles. The van der Waals surface area contributed by atoms with E-state index in [9.17, 15) is 9.90 Å². The predicted octanol–water partition coefficient (Wildman–Crippen LogP) is 2.64. The molecule has 0 radical (unpaired) electrons. The van der Waals surface area contributed by atoms with Gasteiger partial charge in [0, 0.05) is 6.54 Å². The third-order valence-corrected chi connectivity index (χ3v) is 3.36. The van der Waals surface area contributed by atoms with Crippen molar-refractivity contribution >= 4 is 11.8 Å². The van der Waals surface area contributed by atoms with Crippen molar-refractivity contribution in [1.29, 1.82) is 0 Å². The monoisotopic (exact) mass is 251 g/mol. The topological polar surface area (TPSA) is 75.1 Å². The molecule has 18 heavy (non-hydrogen) atoms. The van der Waals surface area contributed by atoms with Crippen LogP contribution in [0, 0.1) is 19.3 Å². The highest BCUT2D eigenvalue weighted by molar-refractivity contribution is 5.94. The maximum Gasteiger partial charge on any atom is 0.339 e. The number of carbonyl (C=O) groups is 1. The quantitative estimate of drug-likeness (QED) is 0.841. The minimum Gasteiger partial charge on any atom is -0.478 e. The highest BCUT2D eigenvalue weighted by Gasteiger charge is 2.20. The summed E-state index contributed by atoms with van der Waals surface area (Å²) in [5, 5.41) is 20.3. The van der Waals surface area contributed by atoms with E-state index in [-0.39, 0.29) is 11.0 Å². The maximum absolute atomic E-state index is 11.3. The third-order valence-electron chi connectivity index (χ3n) is 3.36. The highest BCUT2D eigenvalue weighted by Crippen LogP contribution is 2.23. The molecule has 1 aromatic rings. The van der Waals surface area contributed by atoms with Crippen LogP contribution in [0.3, 0.4) is 0 Å². The van der Waals surface area contributed by atoms with E-state index in [0.717, 1.165) is 6.42 Å². The number of aromatic nitrogens is 2. The SMILES string of the molecule is CCC(C)(C)CNc1nnc(C)c(C)c1C(=O)O. The van der Waals surface area contributed by atoms with Crippen molar-refractivity contribution in [3.63, 3.8) is 0 Å². The van der Waals surface area contributed by atoms with Gasteiger partial charge in [-0.05, 0) is 31.2 Å². The van der Waals surface area contributed by atoms with E-state index < -0.39 is 5.97 Å². The molecule has 5 nitrogen and oxygen atoms in total. The number of hydrogen-bond donors (Lipinski definition) is 2. The summed E-state index contributed by atoms with van der Waals surface area (Å²) in [5.41, 5.74) is 1.62. The zero-order valence-corrected chi connectivity index (χ0v) is 11.7. The van der Waals surface area contributed by atoms with Crippen molar-refractivity contribution in [3.8, 4) is 0 Å². The molecule has 0 aliphatic heterocycles. The molecule has 0 amide bonds. The molecule has 1 aromatic heterocycles. The van der Waals surface area contributed by atoms with E-state index >= 15 is 0 Å². The molecule has 0 aliphatic carbocycles. The van der Waals surface area contributed by atoms with E-state index in [1.54, 1.807) is 13.8 Å². The number of carboxylic acids is 1. The van der Waals surface area contributed by atoms with Crippen LogP contribution in [-0.2, 0) is 0 Å². The van der Waals surface area contributed by atoms with E-state index in [2.05, 4.69) is 36.3 Å². The van der Waals surface area contributed by atoms with Crippen LogP contribution in [0.2, 0.25) is 0 Å². The van der Waals surface area contributed by atoms with Crippen molar-refractivity contribution in [1.82, 2.24) is 10.2 Å². The van der Waals surface area contributed by atoms with Crippen molar-refractivity contribution in [2.75, 3.05) is 11.9 Å². The second kappa shape index (κ2) is 5.33. The minimum atomic E-state index is -0.970. The van der Waals surface area contributed by atoms with Gasteiger partial charge in [0.2, 0.25) is 0 Å². The Morgan fingerprint density at radius 3 is 2.44 bits per heavy atom. The molecular formula is C13H21N3O2. The van der Waals surface area contributed by atoms with Crippen LogP contribution in [-0.4, -0.2) is 27.8 Å². The lowest BCUT2D eigenvalue weighted by atomic mass is 9.90. The van der Waals surface area contributed by atoms with Crippen LogP contribution in [0.1, 0.15) is 48.8 Å². The van der Waals surface area contributed by atoms with Gasteiger partial charge in [0.05, 0.1) is 5.69 Å². The van der Waals surface area contributed by atoms with E-state index in [4.69, 9.17) is 0 Å². The van der Waals surface area contributed by atoms with Gasteiger partial charge in [0.1, 0.15) is 5.56 Å². The van der Waals surface area contributed by atoms with E-state index in [0.29, 0.717) is 23.6 Å². The van der Waals surface area contributed by atoms with Crippen LogP contribution in [0.5, 0.6) is 0 Å². The van der Waals surface area contributed by atoms with E-state index in [1.807, 2.05) is 0 Å². The number of nitrogens with one attached hydrogen (secondary N) is 1. The fourth-order valence-corrected chi connectivity index (χ4v) is 1.44. The summed E-state index contributed by atoms with van der Waals surface area (Å²) in [6.45, 7) is 10.5. The van der Waals surface area contributed by atoms with Gasteiger partial charge >= 0.3 is 5.97 Å². The van der Waals surface area contributed by atoms with Crippen LogP contribution in [0.15, 0.2) is 0 Å². The largest absolute Gasteiger partial charge is 0.478 e. The molecule has 1 rings (SSSR count). The number of anilines is 1. The maximum atomic E-state index is 11.3. The van der Waals surface area contributed by atoms with Crippen molar-refractivity contribution in [2.45, 2.75) is 41.0 Å². The Kier molecular flexibility index (Phi) is 4.27. The standard InChI is InChI=1S/C13H21N3O2/c1-6-13(4,5)7-14-11-10(12(17)18)8(2)9(3)15-16-11/h6-7H2,1-5H3,(H,14,16)(H,17,18).